The van der Waals surface area contributed by atoms with E-state index in [2.05, 4.69) is 14.9 Å². The Bertz CT molecular complexity index is 638. The normalized spacial score (nSPS) is 15.3. The quantitative estimate of drug-likeness (QED) is 0.844. The fourth-order valence-electron chi connectivity index (χ4n) is 2.43. The number of aromatic nitrogens is 2. The van der Waals surface area contributed by atoms with Gasteiger partial charge in [-0.3, -0.25) is 4.98 Å². The lowest BCUT2D eigenvalue weighted by atomic mass is 10.3. The third-order valence-corrected chi connectivity index (χ3v) is 3.57. The van der Waals surface area contributed by atoms with Crippen LogP contribution in [0.25, 0.3) is 11.0 Å². The molecule has 6 heteroatoms. The lowest BCUT2D eigenvalue weighted by molar-refractivity contribution is 0.105. The topological polar surface area (TPSA) is 58.6 Å². The number of nitrogens with zero attached hydrogens (tertiary/aromatic N) is 4. The lowest BCUT2D eigenvalue weighted by Gasteiger charge is -2.34. The molecule has 1 aromatic carbocycles. The first kappa shape index (κ1) is 13.6. The number of hydrogen-bond acceptors (Lipinski definition) is 5. The van der Waals surface area contributed by atoms with E-state index < -0.39 is 0 Å². The SMILES string of the molecule is CCOC(=O)N1CCN(c2cnc3ccccc3n2)CC1. The van der Waals surface area contributed by atoms with Crippen molar-refractivity contribution < 1.29 is 9.53 Å². The molecule has 2 heterocycles. The van der Waals surface area contributed by atoms with Crippen LogP contribution in [0.1, 0.15) is 6.92 Å². The molecule has 1 amide bonds. The Morgan fingerprint density at radius 3 is 2.62 bits per heavy atom. The van der Waals surface area contributed by atoms with Crippen LogP contribution in [-0.4, -0.2) is 53.7 Å². The van der Waals surface area contributed by atoms with Gasteiger partial charge in [0.2, 0.25) is 0 Å². The average Bonchev–Trinajstić information content (AvgIpc) is 2.55. The first-order valence-corrected chi connectivity index (χ1v) is 7.16. The zero-order valence-corrected chi connectivity index (χ0v) is 12.0. The van der Waals surface area contributed by atoms with Gasteiger partial charge in [0.1, 0.15) is 5.82 Å². The number of para-hydroxylation sites is 2. The standard InChI is InChI=1S/C15H18N4O2/c1-2-21-15(20)19-9-7-18(8-10-19)14-11-16-12-5-3-4-6-13(12)17-14/h3-6,11H,2,7-10H2,1H3. The van der Waals surface area contributed by atoms with Crippen molar-refractivity contribution in [2.75, 3.05) is 37.7 Å². The molecular weight excluding hydrogens is 268 g/mol. The Labute approximate surface area is 123 Å². The molecule has 6 nitrogen and oxygen atoms in total. The fourth-order valence-corrected chi connectivity index (χ4v) is 2.43. The van der Waals surface area contributed by atoms with Crippen LogP contribution in [0.15, 0.2) is 30.5 Å². The molecule has 2 aromatic rings. The number of hydrogen-bond donors (Lipinski definition) is 0. The molecule has 1 aromatic heterocycles. The molecule has 21 heavy (non-hydrogen) atoms. The summed E-state index contributed by atoms with van der Waals surface area (Å²) in [5.41, 5.74) is 1.79. The Morgan fingerprint density at radius 1 is 1.19 bits per heavy atom. The molecule has 1 aliphatic heterocycles. The highest BCUT2D eigenvalue weighted by Crippen LogP contribution is 2.17. The number of rotatable bonds is 2. The second kappa shape index (κ2) is 5.95. The molecule has 1 saturated heterocycles. The maximum Gasteiger partial charge on any atom is 0.409 e. The van der Waals surface area contributed by atoms with Gasteiger partial charge in [0, 0.05) is 26.2 Å². The van der Waals surface area contributed by atoms with E-state index >= 15 is 0 Å². The molecule has 0 bridgehead atoms. The van der Waals surface area contributed by atoms with Crippen molar-refractivity contribution in [3.63, 3.8) is 0 Å². The van der Waals surface area contributed by atoms with E-state index in [4.69, 9.17) is 4.74 Å². The zero-order chi connectivity index (χ0) is 14.7. The van der Waals surface area contributed by atoms with Crippen molar-refractivity contribution in [2.45, 2.75) is 6.92 Å². The zero-order valence-electron chi connectivity index (χ0n) is 12.0. The molecule has 110 valence electrons. The Morgan fingerprint density at radius 2 is 1.90 bits per heavy atom. The predicted octanol–water partition coefficient (Wildman–Crippen LogP) is 1.91. The number of amides is 1. The molecular formula is C15H18N4O2. The number of anilines is 1. The summed E-state index contributed by atoms with van der Waals surface area (Å²) in [6.45, 7) is 5.01. The van der Waals surface area contributed by atoms with Crippen molar-refractivity contribution in [1.82, 2.24) is 14.9 Å². The highest BCUT2D eigenvalue weighted by atomic mass is 16.6. The monoisotopic (exact) mass is 286 g/mol. The van der Waals surface area contributed by atoms with Crippen LogP contribution in [0.2, 0.25) is 0 Å². The smallest absolute Gasteiger partial charge is 0.409 e. The second-order valence-corrected chi connectivity index (χ2v) is 4.89. The Balaban J connectivity index is 1.69. The summed E-state index contributed by atoms with van der Waals surface area (Å²) in [4.78, 5) is 24.6. The van der Waals surface area contributed by atoms with Gasteiger partial charge in [-0.25, -0.2) is 9.78 Å². The van der Waals surface area contributed by atoms with E-state index in [1.165, 1.54) is 0 Å². The maximum atomic E-state index is 11.7. The molecule has 0 N–H and O–H groups in total. The van der Waals surface area contributed by atoms with E-state index in [-0.39, 0.29) is 6.09 Å². The minimum atomic E-state index is -0.234. The number of ether oxygens (including phenoxy) is 1. The van der Waals surface area contributed by atoms with Crippen molar-refractivity contribution in [1.29, 1.82) is 0 Å². The van der Waals surface area contributed by atoms with Crippen molar-refractivity contribution in [3.8, 4) is 0 Å². The van der Waals surface area contributed by atoms with Gasteiger partial charge in [-0.15, -0.1) is 0 Å². The van der Waals surface area contributed by atoms with E-state index in [1.807, 2.05) is 31.2 Å². The van der Waals surface area contributed by atoms with Gasteiger partial charge in [-0.05, 0) is 19.1 Å². The van der Waals surface area contributed by atoms with Crippen molar-refractivity contribution >= 4 is 22.9 Å². The van der Waals surface area contributed by atoms with E-state index in [0.29, 0.717) is 19.7 Å². The maximum absolute atomic E-state index is 11.7. The van der Waals surface area contributed by atoms with Crippen LogP contribution in [0.5, 0.6) is 0 Å². The van der Waals surface area contributed by atoms with E-state index in [0.717, 1.165) is 29.9 Å². The van der Waals surface area contributed by atoms with Crippen LogP contribution in [0.4, 0.5) is 10.6 Å². The first-order valence-electron chi connectivity index (χ1n) is 7.16. The molecule has 0 aliphatic carbocycles. The summed E-state index contributed by atoms with van der Waals surface area (Å²) < 4.78 is 5.02. The highest BCUT2D eigenvalue weighted by molar-refractivity contribution is 5.75. The predicted molar refractivity (Wildman–Crippen MR) is 80.3 cm³/mol. The minimum Gasteiger partial charge on any atom is -0.450 e. The Hall–Kier alpha value is -2.37. The Kier molecular flexibility index (Phi) is 3.85. The van der Waals surface area contributed by atoms with Gasteiger partial charge in [0.25, 0.3) is 0 Å². The molecule has 0 saturated carbocycles. The average molecular weight is 286 g/mol. The molecule has 0 radical (unpaired) electrons. The van der Waals surface area contributed by atoms with Crippen LogP contribution >= 0.6 is 0 Å². The number of piperazine rings is 1. The summed E-state index contributed by atoms with van der Waals surface area (Å²) in [5, 5.41) is 0. The van der Waals surface area contributed by atoms with Gasteiger partial charge < -0.3 is 14.5 Å². The van der Waals surface area contributed by atoms with Crippen LogP contribution in [-0.2, 0) is 4.74 Å². The molecule has 0 unspecified atom stereocenters. The summed E-state index contributed by atoms with van der Waals surface area (Å²) in [6, 6.07) is 7.82. The minimum absolute atomic E-state index is 0.234. The van der Waals surface area contributed by atoms with Crippen molar-refractivity contribution in [2.24, 2.45) is 0 Å². The van der Waals surface area contributed by atoms with Gasteiger partial charge in [-0.1, -0.05) is 12.1 Å². The third kappa shape index (κ3) is 2.89. The summed E-state index contributed by atoms with van der Waals surface area (Å²) in [5.74, 6) is 0.859. The van der Waals surface area contributed by atoms with Gasteiger partial charge in [-0.2, -0.15) is 0 Å². The van der Waals surface area contributed by atoms with Crippen LogP contribution in [0.3, 0.4) is 0 Å². The number of carbonyl (C=O) groups excluding carboxylic acids is 1. The summed E-state index contributed by atoms with van der Waals surface area (Å²) >= 11 is 0. The van der Waals surface area contributed by atoms with Gasteiger partial charge in [0.15, 0.2) is 0 Å². The lowest BCUT2D eigenvalue weighted by Crippen LogP contribution is -2.49. The fraction of sp³-hybridized carbons (Fsp3) is 0.400. The molecule has 1 aliphatic rings. The number of carbonyl (C=O) groups is 1. The molecule has 0 spiro atoms. The van der Waals surface area contributed by atoms with Gasteiger partial charge in [0.05, 0.1) is 23.8 Å². The third-order valence-electron chi connectivity index (χ3n) is 3.57. The number of benzene rings is 1. The number of fused-ring (bicyclic) bond motifs is 1. The summed E-state index contributed by atoms with van der Waals surface area (Å²) in [6.07, 6.45) is 1.56. The van der Waals surface area contributed by atoms with Crippen LogP contribution < -0.4 is 4.90 Å². The van der Waals surface area contributed by atoms with Crippen LogP contribution in [0, 0.1) is 0 Å². The second-order valence-electron chi connectivity index (χ2n) is 4.89. The van der Waals surface area contributed by atoms with E-state index in [9.17, 15) is 4.79 Å². The van der Waals surface area contributed by atoms with E-state index in [1.54, 1.807) is 11.1 Å². The largest absolute Gasteiger partial charge is 0.450 e. The van der Waals surface area contributed by atoms with Crippen molar-refractivity contribution in [3.05, 3.63) is 30.5 Å². The summed E-state index contributed by atoms with van der Waals surface area (Å²) in [7, 11) is 0. The highest BCUT2D eigenvalue weighted by Gasteiger charge is 2.22. The van der Waals surface area contributed by atoms with Gasteiger partial charge >= 0.3 is 6.09 Å². The molecule has 1 fully saturated rings. The first-order chi connectivity index (χ1) is 10.3. The molecule has 0 atom stereocenters. The molecule has 3 rings (SSSR count).